The first-order valence-electron chi connectivity index (χ1n) is 10.7. The van der Waals surface area contributed by atoms with Crippen LogP contribution in [-0.4, -0.2) is 69.3 Å². The molecule has 8 heteroatoms. The number of methoxy groups -OCH3 is 2. The van der Waals surface area contributed by atoms with E-state index in [1.165, 1.54) is 0 Å². The van der Waals surface area contributed by atoms with Gasteiger partial charge in [-0.25, -0.2) is 4.79 Å². The Morgan fingerprint density at radius 3 is 2.57 bits per heavy atom. The zero-order valence-electron chi connectivity index (χ0n) is 18.9. The number of ether oxygens (including phenoxy) is 2. The standard InChI is InChI=1S/C22H36N4O4/c1-6-25(7-2)12-8-9-16(3)23-22(28)24-17-13-21(27)26(15-17)18-10-11-19(29-4)20(14-18)30-5/h10-11,14,16-17H,6-9,12-13,15H2,1-5H3,(H2,23,24,28)/t16-,17-/m1/s1. The molecule has 168 valence electrons. The second-order valence-corrected chi connectivity index (χ2v) is 7.63. The fraction of sp³-hybridized carbons (Fsp3) is 0.636. The predicted octanol–water partition coefficient (Wildman–Crippen LogP) is 2.62. The minimum absolute atomic E-state index is 0.0280. The van der Waals surface area contributed by atoms with Crippen molar-refractivity contribution in [2.24, 2.45) is 0 Å². The Hall–Kier alpha value is -2.48. The fourth-order valence-electron chi connectivity index (χ4n) is 3.73. The third-order valence-electron chi connectivity index (χ3n) is 5.52. The van der Waals surface area contributed by atoms with Crippen LogP contribution in [0, 0.1) is 0 Å². The lowest BCUT2D eigenvalue weighted by atomic mass is 10.2. The van der Waals surface area contributed by atoms with Crippen LogP contribution in [0.25, 0.3) is 0 Å². The number of nitrogens with zero attached hydrogens (tertiary/aromatic N) is 2. The summed E-state index contributed by atoms with van der Waals surface area (Å²) in [5.74, 6) is 1.15. The molecule has 2 rings (SSSR count). The molecule has 3 amide bonds. The van der Waals surface area contributed by atoms with E-state index in [1.807, 2.05) is 13.0 Å². The molecule has 1 aliphatic rings. The predicted molar refractivity (Wildman–Crippen MR) is 118 cm³/mol. The number of hydrogen-bond acceptors (Lipinski definition) is 5. The highest BCUT2D eigenvalue weighted by molar-refractivity contribution is 5.97. The number of anilines is 1. The first kappa shape index (κ1) is 23.8. The van der Waals surface area contributed by atoms with Gasteiger partial charge in [0.1, 0.15) is 0 Å². The maximum atomic E-state index is 12.5. The average molecular weight is 421 g/mol. The van der Waals surface area contributed by atoms with Crippen molar-refractivity contribution in [3.63, 3.8) is 0 Å². The van der Waals surface area contributed by atoms with Gasteiger partial charge >= 0.3 is 6.03 Å². The van der Waals surface area contributed by atoms with E-state index in [-0.39, 0.29) is 30.4 Å². The van der Waals surface area contributed by atoms with Gasteiger partial charge in [-0.05, 0) is 51.5 Å². The number of hydrogen-bond donors (Lipinski definition) is 2. The molecule has 0 spiro atoms. The molecule has 8 nitrogen and oxygen atoms in total. The molecule has 30 heavy (non-hydrogen) atoms. The molecule has 1 aromatic carbocycles. The quantitative estimate of drug-likeness (QED) is 0.575. The summed E-state index contributed by atoms with van der Waals surface area (Å²) >= 11 is 0. The normalized spacial score (nSPS) is 17.2. The molecule has 1 fully saturated rings. The van der Waals surface area contributed by atoms with Gasteiger partial charge in [-0.3, -0.25) is 4.79 Å². The summed E-state index contributed by atoms with van der Waals surface area (Å²) in [5, 5.41) is 5.92. The zero-order valence-corrected chi connectivity index (χ0v) is 18.9. The summed E-state index contributed by atoms with van der Waals surface area (Å²) < 4.78 is 10.6. The minimum atomic E-state index is -0.228. The Bertz CT molecular complexity index is 708. The number of amides is 3. The Morgan fingerprint density at radius 1 is 1.23 bits per heavy atom. The molecule has 0 aromatic heterocycles. The summed E-state index contributed by atoms with van der Waals surface area (Å²) in [6.45, 7) is 9.89. The molecule has 0 bridgehead atoms. The van der Waals surface area contributed by atoms with E-state index in [2.05, 4.69) is 29.4 Å². The number of rotatable bonds is 11. The second-order valence-electron chi connectivity index (χ2n) is 7.63. The molecular formula is C22H36N4O4. The molecular weight excluding hydrogens is 384 g/mol. The fourth-order valence-corrected chi connectivity index (χ4v) is 3.73. The van der Waals surface area contributed by atoms with Crippen molar-refractivity contribution in [3.8, 4) is 11.5 Å². The first-order valence-corrected chi connectivity index (χ1v) is 10.7. The van der Waals surface area contributed by atoms with Crippen molar-refractivity contribution in [3.05, 3.63) is 18.2 Å². The van der Waals surface area contributed by atoms with Crippen LogP contribution >= 0.6 is 0 Å². The lowest BCUT2D eigenvalue weighted by molar-refractivity contribution is -0.117. The summed E-state index contributed by atoms with van der Waals surface area (Å²) in [6.07, 6.45) is 2.24. The maximum absolute atomic E-state index is 12.5. The summed E-state index contributed by atoms with van der Waals surface area (Å²) in [4.78, 5) is 28.9. The van der Waals surface area contributed by atoms with E-state index in [9.17, 15) is 9.59 Å². The van der Waals surface area contributed by atoms with Gasteiger partial charge in [-0.15, -0.1) is 0 Å². The van der Waals surface area contributed by atoms with Gasteiger partial charge in [0.05, 0.1) is 20.3 Å². The zero-order chi connectivity index (χ0) is 22.1. The average Bonchev–Trinajstić information content (AvgIpc) is 3.10. The van der Waals surface area contributed by atoms with Crippen LogP contribution in [0.1, 0.15) is 40.0 Å². The molecule has 1 aromatic rings. The molecule has 1 aliphatic heterocycles. The van der Waals surface area contributed by atoms with Gasteiger partial charge in [-0.2, -0.15) is 0 Å². The second kappa shape index (κ2) is 11.6. The van der Waals surface area contributed by atoms with Crippen LogP contribution in [0.3, 0.4) is 0 Å². The number of carbonyl (C=O) groups is 2. The summed E-state index contributed by atoms with van der Waals surface area (Å²) in [5.41, 5.74) is 0.729. The van der Waals surface area contributed by atoms with E-state index in [0.29, 0.717) is 18.0 Å². The summed E-state index contributed by atoms with van der Waals surface area (Å²) in [7, 11) is 3.13. The van der Waals surface area contributed by atoms with Crippen molar-refractivity contribution >= 4 is 17.6 Å². The van der Waals surface area contributed by atoms with Gasteiger partial charge in [0.15, 0.2) is 11.5 Å². The van der Waals surface area contributed by atoms with Crippen LogP contribution < -0.4 is 25.0 Å². The van der Waals surface area contributed by atoms with Crippen LogP contribution in [0.5, 0.6) is 11.5 Å². The van der Waals surface area contributed by atoms with Crippen molar-refractivity contribution in [2.75, 3.05) is 45.3 Å². The third-order valence-corrected chi connectivity index (χ3v) is 5.52. The number of urea groups is 1. The van der Waals surface area contributed by atoms with Crippen molar-refractivity contribution in [1.29, 1.82) is 0 Å². The van der Waals surface area contributed by atoms with E-state index in [0.717, 1.165) is 38.2 Å². The number of nitrogens with one attached hydrogen (secondary N) is 2. The first-order chi connectivity index (χ1) is 14.4. The number of carbonyl (C=O) groups excluding carboxylic acids is 2. The van der Waals surface area contributed by atoms with Crippen LogP contribution in [0.4, 0.5) is 10.5 Å². The third kappa shape index (κ3) is 6.52. The van der Waals surface area contributed by atoms with E-state index in [1.54, 1.807) is 31.3 Å². The summed E-state index contributed by atoms with van der Waals surface area (Å²) in [6, 6.07) is 5.00. The SMILES string of the molecule is CCN(CC)CCC[C@@H](C)NC(=O)N[C@@H]1CC(=O)N(c2ccc(OC)c(OC)c2)C1. The van der Waals surface area contributed by atoms with Gasteiger partial charge in [-0.1, -0.05) is 13.8 Å². The van der Waals surface area contributed by atoms with Crippen LogP contribution in [-0.2, 0) is 4.79 Å². The lowest BCUT2D eigenvalue weighted by Gasteiger charge is -2.21. The molecule has 2 atom stereocenters. The highest BCUT2D eigenvalue weighted by Gasteiger charge is 2.32. The van der Waals surface area contributed by atoms with Crippen LogP contribution in [0.15, 0.2) is 18.2 Å². The van der Waals surface area contributed by atoms with Gasteiger partial charge in [0, 0.05) is 30.8 Å². The molecule has 0 aliphatic carbocycles. The number of benzene rings is 1. The smallest absolute Gasteiger partial charge is 0.315 e. The Balaban J connectivity index is 1.83. The lowest BCUT2D eigenvalue weighted by Crippen LogP contribution is -2.46. The Morgan fingerprint density at radius 2 is 1.93 bits per heavy atom. The van der Waals surface area contributed by atoms with Gasteiger partial charge < -0.3 is 29.9 Å². The molecule has 0 saturated carbocycles. The van der Waals surface area contributed by atoms with E-state index >= 15 is 0 Å². The van der Waals surface area contributed by atoms with Crippen molar-refractivity contribution in [1.82, 2.24) is 15.5 Å². The van der Waals surface area contributed by atoms with Gasteiger partial charge in [0.2, 0.25) is 5.91 Å². The van der Waals surface area contributed by atoms with Crippen molar-refractivity contribution < 1.29 is 19.1 Å². The monoisotopic (exact) mass is 420 g/mol. The Labute approximate surface area is 179 Å². The molecule has 0 unspecified atom stereocenters. The highest BCUT2D eigenvalue weighted by Crippen LogP contribution is 2.33. The highest BCUT2D eigenvalue weighted by atomic mass is 16.5. The molecule has 0 radical (unpaired) electrons. The molecule has 1 saturated heterocycles. The minimum Gasteiger partial charge on any atom is -0.493 e. The van der Waals surface area contributed by atoms with E-state index < -0.39 is 0 Å². The van der Waals surface area contributed by atoms with Crippen molar-refractivity contribution in [2.45, 2.75) is 52.1 Å². The topological polar surface area (TPSA) is 83.1 Å². The Kier molecular flexibility index (Phi) is 9.23. The van der Waals surface area contributed by atoms with Gasteiger partial charge in [0.25, 0.3) is 0 Å². The molecule has 2 N–H and O–H groups in total. The molecule has 1 heterocycles. The largest absolute Gasteiger partial charge is 0.493 e. The van der Waals surface area contributed by atoms with E-state index in [4.69, 9.17) is 9.47 Å². The maximum Gasteiger partial charge on any atom is 0.315 e. The van der Waals surface area contributed by atoms with Crippen LogP contribution in [0.2, 0.25) is 0 Å².